The first-order valence-corrected chi connectivity index (χ1v) is 43.0. The molecule has 0 saturated heterocycles. The van der Waals surface area contributed by atoms with Gasteiger partial charge in [0.25, 0.3) is 0 Å². The van der Waals surface area contributed by atoms with Crippen molar-refractivity contribution in [1.29, 1.82) is 0 Å². The Morgan fingerprint density at radius 2 is 0.500 bits per heavy atom. The van der Waals surface area contributed by atoms with Crippen molar-refractivity contribution in [3.05, 3.63) is 182 Å². The molecule has 0 bridgehead atoms. The second kappa shape index (κ2) is 77.3. The molecule has 106 heavy (non-hydrogen) atoms. The number of rotatable bonds is 73. The summed E-state index contributed by atoms with van der Waals surface area (Å²) in [6.07, 6.45) is 93.0. The van der Waals surface area contributed by atoms with Gasteiger partial charge in [0.05, 0.1) is 26.4 Å². The maximum Gasteiger partial charge on any atom is 0.472 e. The summed E-state index contributed by atoms with van der Waals surface area (Å²) in [7, 11) is -10.0. The summed E-state index contributed by atoms with van der Waals surface area (Å²) in [5.41, 5.74) is 0. The lowest BCUT2D eigenvalue weighted by Gasteiger charge is -2.21. The second-order valence-corrected chi connectivity index (χ2v) is 28.8. The Morgan fingerprint density at radius 3 is 0.792 bits per heavy atom. The van der Waals surface area contributed by atoms with Gasteiger partial charge in [-0.25, -0.2) is 9.13 Å². The monoisotopic (exact) mass is 1520 g/mol. The van der Waals surface area contributed by atoms with E-state index in [1.807, 2.05) is 12.2 Å². The highest BCUT2D eigenvalue weighted by atomic mass is 31.2. The molecule has 5 atom stereocenters. The molecule has 0 rings (SSSR count). The van der Waals surface area contributed by atoms with Crippen LogP contribution >= 0.6 is 15.6 Å². The van der Waals surface area contributed by atoms with Crippen LogP contribution in [-0.4, -0.2) is 96.7 Å². The third kappa shape index (κ3) is 76.4. The third-order valence-corrected chi connectivity index (χ3v) is 17.7. The number of esters is 4. The van der Waals surface area contributed by atoms with E-state index in [2.05, 4.69) is 198 Å². The molecule has 17 nitrogen and oxygen atoms in total. The highest BCUT2D eigenvalue weighted by Gasteiger charge is 2.30. The van der Waals surface area contributed by atoms with E-state index in [0.717, 1.165) is 180 Å². The molecule has 0 aromatic carbocycles. The Labute approximate surface area is 641 Å². The Balaban J connectivity index is 5.50. The van der Waals surface area contributed by atoms with Crippen LogP contribution in [0, 0.1) is 0 Å². The van der Waals surface area contributed by atoms with Gasteiger partial charge in [0.1, 0.15) is 19.3 Å². The largest absolute Gasteiger partial charge is 0.472 e. The fraction of sp³-hybridized carbons (Fsp3) is 0.609. The summed E-state index contributed by atoms with van der Waals surface area (Å²) in [6.45, 7) is 4.35. The smallest absolute Gasteiger partial charge is 0.462 e. The number of aliphatic hydroxyl groups excluding tert-OH is 1. The van der Waals surface area contributed by atoms with Crippen molar-refractivity contribution >= 4 is 39.5 Å². The van der Waals surface area contributed by atoms with Crippen LogP contribution in [0.2, 0.25) is 0 Å². The highest BCUT2D eigenvalue weighted by molar-refractivity contribution is 7.47. The fourth-order valence-corrected chi connectivity index (χ4v) is 11.4. The number of aliphatic hydroxyl groups is 1. The van der Waals surface area contributed by atoms with E-state index in [4.69, 9.17) is 37.0 Å². The summed E-state index contributed by atoms with van der Waals surface area (Å²) in [5, 5.41) is 10.6. The highest BCUT2D eigenvalue weighted by Crippen LogP contribution is 2.45. The summed E-state index contributed by atoms with van der Waals surface area (Å²) in [4.78, 5) is 73.1. The number of carbonyl (C=O) groups is 4. The van der Waals surface area contributed by atoms with Gasteiger partial charge in [-0.1, -0.05) is 268 Å². The summed E-state index contributed by atoms with van der Waals surface area (Å²) in [5.74, 6) is -2.33. The molecular formula is C87H140O17P2. The van der Waals surface area contributed by atoms with Crippen LogP contribution in [-0.2, 0) is 65.4 Å². The molecule has 0 spiro atoms. The molecule has 3 N–H and O–H groups in total. The number of allylic oxidation sites excluding steroid dienone is 30. The van der Waals surface area contributed by atoms with Gasteiger partial charge in [-0.05, 0) is 173 Å². The van der Waals surface area contributed by atoms with Gasteiger partial charge >= 0.3 is 39.5 Å². The Hall–Kier alpha value is -5.84. The minimum atomic E-state index is -5.01. The fourth-order valence-electron chi connectivity index (χ4n) is 9.85. The lowest BCUT2D eigenvalue weighted by Crippen LogP contribution is -2.30. The minimum Gasteiger partial charge on any atom is -0.462 e. The second-order valence-electron chi connectivity index (χ2n) is 25.9. The zero-order valence-electron chi connectivity index (χ0n) is 65.5. The van der Waals surface area contributed by atoms with E-state index >= 15 is 0 Å². The topological polar surface area (TPSA) is 237 Å². The molecule has 0 aromatic heterocycles. The van der Waals surface area contributed by atoms with Crippen molar-refractivity contribution in [1.82, 2.24) is 0 Å². The summed E-state index contributed by atoms with van der Waals surface area (Å²) >= 11 is 0. The molecule has 0 heterocycles. The molecule has 600 valence electrons. The van der Waals surface area contributed by atoms with E-state index < -0.39 is 97.5 Å². The lowest BCUT2D eigenvalue weighted by atomic mass is 10.1. The number of unbranched alkanes of at least 4 members (excludes halogenated alkanes) is 17. The Kier molecular flexibility index (Phi) is 73.1. The van der Waals surface area contributed by atoms with Crippen molar-refractivity contribution in [3.63, 3.8) is 0 Å². The quantitative estimate of drug-likeness (QED) is 0.0169. The average Bonchev–Trinajstić information content (AvgIpc) is 0.902. The van der Waals surface area contributed by atoms with E-state index in [-0.39, 0.29) is 25.7 Å². The van der Waals surface area contributed by atoms with E-state index in [1.54, 1.807) is 0 Å². The van der Waals surface area contributed by atoms with Gasteiger partial charge in [0.15, 0.2) is 12.2 Å². The number of ether oxygens (including phenoxy) is 4. The van der Waals surface area contributed by atoms with Crippen LogP contribution in [0.15, 0.2) is 182 Å². The first-order valence-electron chi connectivity index (χ1n) is 40.0. The predicted octanol–water partition coefficient (Wildman–Crippen LogP) is 23.6. The van der Waals surface area contributed by atoms with E-state index in [1.165, 1.54) is 19.3 Å². The molecule has 0 aliphatic rings. The zero-order valence-corrected chi connectivity index (χ0v) is 67.3. The third-order valence-electron chi connectivity index (χ3n) is 15.8. The number of carbonyl (C=O) groups excluding carboxylic acids is 4. The van der Waals surface area contributed by atoms with Crippen LogP contribution in [0.4, 0.5) is 0 Å². The van der Waals surface area contributed by atoms with Crippen molar-refractivity contribution in [2.75, 3.05) is 39.6 Å². The normalized spacial score (nSPS) is 14.8. The first-order chi connectivity index (χ1) is 51.7. The summed E-state index contributed by atoms with van der Waals surface area (Å²) in [6, 6.07) is 0. The molecule has 0 aliphatic heterocycles. The van der Waals surface area contributed by atoms with Gasteiger partial charge in [-0.15, -0.1) is 0 Å². The summed E-state index contributed by atoms with van der Waals surface area (Å²) < 4.78 is 68.5. The minimum absolute atomic E-state index is 0.0467. The van der Waals surface area contributed by atoms with Crippen molar-refractivity contribution in [3.8, 4) is 0 Å². The molecule has 0 amide bonds. The Bertz CT molecular complexity index is 2730. The number of phosphoric acid groups is 2. The molecular weight excluding hydrogens is 1380 g/mol. The SMILES string of the molecule is CC/C=C\C/C=C\C/C=C\C/C=C\C/C=C\CCCC(=O)OCC(COP(=O)(O)OCC(O)COP(=O)(O)OCC(COC(=O)CCCCCC/C=C\C/C=C\C/C=C\C/C=C\CC)OC(=O)CCCCCCC/C=C\C/C=C\CCCCC)OC(=O)CCCCCC/C=C\C/C=C\C/C=C\C/C=C\CC. The van der Waals surface area contributed by atoms with Gasteiger partial charge in [0.2, 0.25) is 0 Å². The maximum absolute atomic E-state index is 13.1. The molecule has 0 fully saturated rings. The standard InChI is InChI=1S/C87H140O17P2/c1-5-9-13-17-21-25-29-33-37-40-44-47-51-55-59-63-67-71-84(89)97-77-82(103-86(91)73-69-65-61-57-53-49-43-36-32-28-24-20-16-12-8-4)79-101-105(93,94)99-75-81(88)76-100-106(95,96)102-80-83(104-87(92)74-70-66-62-58-54-50-46-42-39-35-31-27-23-19-15-11-7-3)78-98-85(90)72-68-64-60-56-52-48-45-41-38-34-30-26-22-18-14-10-6-2/h9-11,13-15,21-28,33-39,43-48,50,56,60,81-83,88H,5-8,12,16-20,29-32,40-42,49,51-55,57-59,61-80H2,1-4H3,(H,93,94)(H,95,96)/b13-9-,14-10-,15-11-,25-21-,26-22-,27-23-,28-24-,37-33-,38-34-,39-35-,43-36-,47-44-,48-45-,50-46-,60-56-. The molecule has 0 aliphatic carbocycles. The lowest BCUT2D eigenvalue weighted by molar-refractivity contribution is -0.161. The van der Waals surface area contributed by atoms with Gasteiger partial charge in [0, 0.05) is 25.7 Å². The van der Waals surface area contributed by atoms with E-state index in [0.29, 0.717) is 32.1 Å². The molecule has 5 unspecified atom stereocenters. The molecule has 0 radical (unpaired) electrons. The first kappa shape index (κ1) is 100. The van der Waals surface area contributed by atoms with Crippen LogP contribution in [0.3, 0.4) is 0 Å². The predicted molar refractivity (Wildman–Crippen MR) is 436 cm³/mol. The van der Waals surface area contributed by atoms with Crippen LogP contribution in [0.5, 0.6) is 0 Å². The van der Waals surface area contributed by atoms with Crippen molar-refractivity contribution in [2.24, 2.45) is 0 Å². The van der Waals surface area contributed by atoms with Crippen molar-refractivity contribution in [2.45, 2.75) is 303 Å². The molecule has 0 saturated carbocycles. The number of hydrogen-bond donors (Lipinski definition) is 3. The Morgan fingerprint density at radius 1 is 0.274 bits per heavy atom. The molecule has 19 heteroatoms. The van der Waals surface area contributed by atoms with Crippen LogP contribution < -0.4 is 0 Å². The van der Waals surface area contributed by atoms with Gasteiger partial charge in [-0.3, -0.25) is 37.3 Å². The number of phosphoric ester groups is 2. The molecule has 0 aromatic rings. The zero-order chi connectivity index (χ0) is 77.4. The maximum atomic E-state index is 13.1. The number of hydrogen-bond acceptors (Lipinski definition) is 15. The van der Waals surface area contributed by atoms with Gasteiger partial charge < -0.3 is 33.8 Å². The average molecular weight is 1520 g/mol. The van der Waals surface area contributed by atoms with Crippen LogP contribution in [0.1, 0.15) is 285 Å². The van der Waals surface area contributed by atoms with Crippen molar-refractivity contribution < 1.29 is 80.2 Å². The van der Waals surface area contributed by atoms with E-state index in [9.17, 15) is 43.2 Å². The van der Waals surface area contributed by atoms with Gasteiger partial charge in [-0.2, -0.15) is 0 Å². The van der Waals surface area contributed by atoms with Crippen LogP contribution in [0.25, 0.3) is 0 Å².